The number of fused-ring (bicyclic) bond motifs is 3. The zero-order valence-electron chi connectivity index (χ0n) is 11.9. The summed E-state index contributed by atoms with van der Waals surface area (Å²) in [7, 11) is 1.54. The lowest BCUT2D eigenvalue weighted by Gasteiger charge is -2.18. The van der Waals surface area contributed by atoms with Gasteiger partial charge in [-0.2, -0.15) is 0 Å². The largest absolute Gasteiger partial charge is 0.480 e. The molecule has 0 saturated heterocycles. The van der Waals surface area contributed by atoms with Gasteiger partial charge >= 0.3 is 0 Å². The van der Waals surface area contributed by atoms with Crippen LogP contribution in [0.15, 0.2) is 4.47 Å². The van der Waals surface area contributed by atoms with E-state index in [1.165, 1.54) is 0 Å². The summed E-state index contributed by atoms with van der Waals surface area (Å²) < 4.78 is 5.87. The minimum atomic E-state index is -0.459. The highest BCUT2D eigenvalue weighted by Gasteiger charge is 2.24. The molecule has 0 aliphatic carbocycles. The number of nitrogens with zero attached hydrogens (tertiary/aromatic N) is 2. The highest BCUT2D eigenvalue weighted by Crippen LogP contribution is 2.38. The third-order valence-corrected chi connectivity index (χ3v) is 5.26. The van der Waals surface area contributed by atoms with Crippen LogP contribution in [0.4, 0.5) is 0 Å². The normalized spacial score (nSPS) is 14.8. The summed E-state index contributed by atoms with van der Waals surface area (Å²) in [4.78, 5) is 21.2. The quantitative estimate of drug-likeness (QED) is 0.824. The van der Waals surface area contributed by atoms with Crippen LogP contribution >= 0.6 is 27.5 Å². The highest BCUT2D eigenvalue weighted by atomic mass is 79.9. The summed E-state index contributed by atoms with van der Waals surface area (Å²) in [6.45, 7) is 0.658. The number of methoxy groups -OCH3 is 1. The van der Waals surface area contributed by atoms with Crippen molar-refractivity contribution in [3.8, 4) is 5.88 Å². The smallest absolute Gasteiger partial charge is 0.248 e. The lowest BCUT2D eigenvalue weighted by Crippen LogP contribution is -2.35. The monoisotopic (exact) mass is 387 g/mol. The summed E-state index contributed by atoms with van der Waals surface area (Å²) in [5.41, 5.74) is 3.63. The molecule has 2 N–H and O–H groups in total. The van der Waals surface area contributed by atoms with Gasteiger partial charge in [0.1, 0.15) is 11.1 Å². The average Bonchev–Trinajstić information content (AvgIpc) is 2.74. The average molecular weight is 389 g/mol. The first-order valence-corrected chi connectivity index (χ1v) is 8.05. The minimum Gasteiger partial charge on any atom is -0.480 e. The topological polar surface area (TPSA) is 78.5 Å². The van der Waals surface area contributed by atoms with E-state index in [-0.39, 0.29) is 5.91 Å². The van der Waals surface area contributed by atoms with E-state index in [9.17, 15) is 4.79 Å². The van der Waals surface area contributed by atoms with Crippen LogP contribution < -0.4 is 4.74 Å². The van der Waals surface area contributed by atoms with Gasteiger partial charge in [-0.25, -0.2) is 4.98 Å². The number of carbonyl (C=O) groups is 1. The molecule has 0 spiro atoms. The van der Waals surface area contributed by atoms with Gasteiger partial charge in [-0.15, -0.1) is 0 Å². The number of halogens is 2. The van der Waals surface area contributed by atoms with Crippen molar-refractivity contribution in [1.29, 1.82) is 0 Å². The first-order chi connectivity index (χ1) is 10.6. The third kappa shape index (κ3) is 2.47. The van der Waals surface area contributed by atoms with Crippen molar-refractivity contribution in [2.75, 3.05) is 26.8 Å². The molecule has 0 radical (unpaired) electrons. The van der Waals surface area contributed by atoms with Gasteiger partial charge in [0.2, 0.25) is 11.8 Å². The summed E-state index contributed by atoms with van der Waals surface area (Å²) in [6.07, 6.45) is 1.34. The van der Waals surface area contributed by atoms with Crippen LogP contribution in [0.3, 0.4) is 0 Å². The van der Waals surface area contributed by atoms with Crippen molar-refractivity contribution < 1.29 is 14.6 Å². The van der Waals surface area contributed by atoms with E-state index in [0.29, 0.717) is 41.3 Å². The van der Waals surface area contributed by atoms with E-state index in [4.69, 9.17) is 21.4 Å². The Morgan fingerprint density at radius 2 is 2.23 bits per heavy atom. The molecule has 1 aliphatic heterocycles. The van der Waals surface area contributed by atoms with Gasteiger partial charge < -0.3 is 19.7 Å². The standard InChI is InChI=1S/C14H15BrClN3O3/c1-22-14-10(15)11(16)13-12(18-14)7-2-4-19(9(21)6-20)5-3-8(7)17-13/h17,20H,2-6H2,1H3. The Kier molecular flexibility index (Phi) is 4.29. The van der Waals surface area contributed by atoms with E-state index >= 15 is 0 Å². The van der Waals surface area contributed by atoms with Gasteiger partial charge in [-0.05, 0) is 22.4 Å². The number of carbonyl (C=O) groups excluding carboxylic acids is 1. The second-order valence-corrected chi connectivity index (χ2v) is 6.26. The minimum absolute atomic E-state index is 0.249. The zero-order valence-corrected chi connectivity index (χ0v) is 14.3. The molecule has 6 nitrogen and oxygen atoms in total. The molecule has 1 aliphatic rings. The summed E-state index contributed by atoms with van der Waals surface area (Å²) >= 11 is 9.76. The van der Waals surface area contributed by atoms with Crippen LogP contribution in [0.2, 0.25) is 5.02 Å². The number of aromatic nitrogens is 2. The van der Waals surface area contributed by atoms with Crippen molar-refractivity contribution in [2.45, 2.75) is 12.8 Å². The van der Waals surface area contributed by atoms with Crippen molar-refractivity contribution in [3.63, 3.8) is 0 Å². The number of nitrogens with one attached hydrogen (secondary N) is 1. The number of aromatic amines is 1. The van der Waals surface area contributed by atoms with Gasteiger partial charge in [0.05, 0.1) is 23.2 Å². The number of pyridine rings is 1. The Morgan fingerprint density at radius 1 is 1.50 bits per heavy atom. The predicted molar refractivity (Wildman–Crippen MR) is 86.4 cm³/mol. The molecule has 0 bridgehead atoms. The van der Waals surface area contributed by atoms with Gasteiger partial charge in [0, 0.05) is 30.8 Å². The van der Waals surface area contributed by atoms with Gasteiger partial charge in [-0.1, -0.05) is 11.6 Å². The molecule has 22 heavy (non-hydrogen) atoms. The van der Waals surface area contributed by atoms with Crippen molar-refractivity contribution >= 4 is 44.5 Å². The van der Waals surface area contributed by atoms with Gasteiger partial charge in [-0.3, -0.25) is 4.79 Å². The second kappa shape index (κ2) is 6.06. The molecular weight excluding hydrogens is 374 g/mol. The highest BCUT2D eigenvalue weighted by molar-refractivity contribution is 9.10. The molecule has 2 aromatic rings. The molecule has 8 heteroatoms. The maximum absolute atomic E-state index is 11.7. The van der Waals surface area contributed by atoms with E-state index in [2.05, 4.69) is 25.9 Å². The lowest BCUT2D eigenvalue weighted by atomic mass is 10.1. The number of hydrogen-bond donors (Lipinski definition) is 2. The molecule has 3 heterocycles. The first kappa shape index (κ1) is 15.6. The third-order valence-electron chi connectivity index (χ3n) is 3.92. The van der Waals surface area contributed by atoms with Crippen molar-refractivity contribution in [1.82, 2.24) is 14.9 Å². The molecule has 0 unspecified atom stereocenters. The molecule has 0 saturated carbocycles. The maximum atomic E-state index is 11.7. The summed E-state index contributed by atoms with van der Waals surface area (Å²) in [5.74, 6) is 0.188. The number of amides is 1. The Morgan fingerprint density at radius 3 is 2.91 bits per heavy atom. The van der Waals surface area contributed by atoms with Crippen LogP contribution in [0.5, 0.6) is 5.88 Å². The van der Waals surface area contributed by atoms with Crippen LogP contribution in [0.25, 0.3) is 11.0 Å². The molecule has 3 rings (SSSR count). The fourth-order valence-electron chi connectivity index (χ4n) is 2.79. The van der Waals surface area contributed by atoms with Crippen LogP contribution in [0, 0.1) is 0 Å². The maximum Gasteiger partial charge on any atom is 0.248 e. The van der Waals surface area contributed by atoms with Gasteiger partial charge in [0.25, 0.3) is 0 Å². The number of hydrogen-bond acceptors (Lipinski definition) is 4. The van der Waals surface area contributed by atoms with E-state index in [1.807, 2.05) is 0 Å². The Balaban J connectivity index is 2.05. The number of rotatable bonds is 2. The number of aliphatic hydroxyl groups is 1. The molecule has 0 aromatic carbocycles. The number of ether oxygens (including phenoxy) is 1. The predicted octanol–water partition coefficient (Wildman–Crippen LogP) is 1.91. The van der Waals surface area contributed by atoms with Gasteiger partial charge in [0.15, 0.2) is 0 Å². The molecule has 1 amide bonds. The molecular formula is C14H15BrClN3O3. The molecule has 0 fully saturated rings. The first-order valence-electron chi connectivity index (χ1n) is 6.87. The Bertz CT molecular complexity index is 747. The van der Waals surface area contributed by atoms with Crippen molar-refractivity contribution in [2.24, 2.45) is 0 Å². The van der Waals surface area contributed by atoms with Crippen LogP contribution in [-0.4, -0.2) is 52.7 Å². The van der Waals surface area contributed by atoms with Crippen LogP contribution in [-0.2, 0) is 17.6 Å². The van der Waals surface area contributed by atoms with E-state index < -0.39 is 6.61 Å². The summed E-state index contributed by atoms with van der Waals surface area (Å²) in [6, 6.07) is 0. The SMILES string of the molecule is COc1nc2c3c([nH]c2c(Cl)c1Br)CCN(C(=O)CO)CC3. The van der Waals surface area contributed by atoms with Crippen LogP contribution in [0.1, 0.15) is 11.3 Å². The molecule has 2 aromatic heterocycles. The molecule has 0 atom stereocenters. The summed E-state index contributed by atoms with van der Waals surface area (Å²) in [5, 5.41) is 9.54. The fraction of sp³-hybridized carbons (Fsp3) is 0.429. The number of aliphatic hydroxyl groups excluding tert-OH is 1. The fourth-order valence-corrected chi connectivity index (χ4v) is 3.45. The Labute approximate surface area is 140 Å². The van der Waals surface area contributed by atoms with E-state index in [0.717, 1.165) is 22.3 Å². The van der Waals surface area contributed by atoms with E-state index in [1.54, 1.807) is 12.0 Å². The zero-order chi connectivity index (χ0) is 15.9. The second-order valence-electron chi connectivity index (χ2n) is 5.09. The molecule has 118 valence electrons. The Hall–Kier alpha value is -1.31. The van der Waals surface area contributed by atoms with Crippen molar-refractivity contribution in [3.05, 3.63) is 20.8 Å². The number of H-pyrrole nitrogens is 1. The lowest BCUT2D eigenvalue weighted by molar-refractivity contribution is -0.134.